The number of hydrogen-bond acceptors (Lipinski definition) is 5. The zero-order valence-electron chi connectivity index (χ0n) is 13.6. The van der Waals surface area contributed by atoms with Gasteiger partial charge in [0.25, 0.3) is 5.91 Å². The molecule has 7 nitrogen and oxygen atoms in total. The molecule has 0 bridgehead atoms. The summed E-state index contributed by atoms with van der Waals surface area (Å²) in [5, 5.41) is 17.0. The number of hydrogen-bond donors (Lipinski definition) is 3. The summed E-state index contributed by atoms with van der Waals surface area (Å²) in [5.41, 5.74) is 6.27. The lowest BCUT2D eigenvalue weighted by Crippen LogP contribution is -2.28. The summed E-state index contributed by atoms with van der Waals surface area (Å²) >= 11 is 1.31. The summed E-state index contributed by atoms with van der Waals surface area (Å²) in [7, 11) is 0. The number of thiophene rings is 1. The van der Waals surface area contributed by atoms with Gasteiger partial charge in [0.2, 0.25) is 0 Å². The number of nitrogens with two attached hydrogens (primary N) is 1. The Morgan fingerprint density at radius 3 is 2.62 bits per heavy atom. The largest absolute Gasteiger partial charge is 0.454 e. The molecule has 0 aromatic carbocycles. The van der Waals surface area contributed by atoms with Crippen LogP contribution in [0.2, 0.25) is 0 Å². The average molecular weight is 346 g/mol. The summed E-state index contributed by atoms with van der Waals surface area (Å²) in [6, 6.07) is 4.68. The molecule has 8 heteroatoms. The van der Waals surface area contributed by atoms with Gasteiger partial charge in [0.1, 0.15) is 16.8 Å². The molecule has 2 aromatic heterocycles. The fourth-order valence-corrected chi connectivity index (χ4v) is 3.16. The smallest absolute Gasteiger partial charge is 0.320 e. The highest BCUT2D eigenvalue weighted by atomic mass is 32.1. The van der Waals surface area contributed by atoms with E-state index in [9.17, 15) is 14.9 Å². The fourth-order valence-electron chi connectivity index (χ4n) is 2.03. The first-order valence-corrected chi connectivity index (χ1v) is 8.05. The maximum absolute atomic E-state index is 12.0. The number of nitrogens with zero attached hydrogens (tertiary/aromatic N) is 1. The number of rotatable bonds is 4. The van der Waals surface area contributed by atoms with Gasteiger partial charge in [-0.05, 0) is 28.5 Å². The van der Waals surface area contributed by atoms with Crippen LogP contribution in [0.3, 0.4) is 0 Å². The standard InChI is InChI=1S/C16H18N4O3S/c1-16(2,3)11-8-24-14(10(11)6-17)20-15(22)19-7-9-4-5-12(23-9)13(18)21/h4-5,8H,7H2,1-3H3,(H2,18,21)(H2,19,20,22). The van der Waals surface area contributed by atoms with Crippen LogP contribution in [0.25, 0.3) is 0 Å². The predicted octanol–water partition coefficient (Wildman–Crippen LogP) is 2.93. The van der Waals surface area contributed by atoms with Gasteiger partial charge in [0.05, 0.1) is 12.1 Å². The van der Waals surface area contributed by atoms with Gasteiger partial charge in [0, 0.05) is 0 Å². The topological polar surface area (TPSA) is 121 Å². The maximum Gasteiger partial charge on any atom is 0.320 e. The summed E-state index contributed by atoms with van der Waals surface area (Å²) in [4.78, 5) is 22.9. The molecule has 3 amide bonds. The molecule has 2 aromatic rings. The van der Waals surface area contributed by atoms with E-state index < -0.39 is 11.9 Å². The van der Waals surface area contributed by atoms with Crippen molar-refractivity contribution in [3.63, 3.8) is 0 Å². The number of carbonyl (C=O) groups excluding carboxylic acids is 2. The van der Waals surface area contributed by atoms with Gasteiger partial charge in [-0.1, -0.05) is 20.8 Å². The van der Waals surface area contributed by atoms with Crippen molar-refractivity contribution < 1.29 is 14.0 Å². The van der Waals surface area contributed by atoms with E-state index in [4.69, 9.17) is 10.2 Å². The highest BCUT2D eigenvalue weighted by molar-refractivity contribution is 7.14. The molecule has 0 fully saturated rings. The van der Waals surface area contributed by atoms with Crippen LogP contribution >= 0.6 is 11.3 Å². The van der Waals surface area contributed by atoms with Gasteiger partial charge in [0.15, 0.2) is 5.76 Å². The van der Waals surface area contributed by atoms with Gasteiger partial charge >= 0.3 is 6.03 Å². The minimum absolute atomic E-state index is 0.0343. The Bertz CT molecular complexity index is 808. The highest BCUT2D eigenvalue weighted by Gasteiger charge is 2.23. The van der Waals surface area contributed by atoms with Gasteiger partial charge in [-0.15, -0.1) is 11.3 Å². The summed E-state index contributed by atoms with van der Waals surface area (Å²) in [5.74, 6) is -0.231. The molecule has 126 valence electrons. The molecule has 0 radical (unpaired) electrons. The second-order valence-corrected chi connectivity index (χ2v) is 7.03. The molecule has 0 unspecified atom stereocenters. The molecule has 2 rings (SSSR count). The lowest BCUT2D eigenvalue weighted by Gasteiger charge is -2.17. The normalized spacial score (nSPS) is 10.9. The Balaban J connectivity index is 2.01. The summed E-state index contributed by atoms with van der Waals surface area (Å²) in [6.45, 7) is 6.12. The Morgan fingerprint density at radius 1 is 1.38 bits per heavy atom. The van der Waals surface area contributed by atoms with Gasteiger partial charge in [-0.25, -0.2) is 4.79 Å². The molecule has 24 heavy (non-hydrogen) atoms. The van der Waals surface area contributed by atoms with Crippen LogP contribution in [0.1, 0.15) is 48.2 Å². The Kier molecular flexibility index (Phi) is 4.95. The van der Waals surface area contributed by atoms with Crippen molar-refractivity contribution in [1.82, 2.24) is 5.32 Å². The van der Waals surface area contributed by atoms with Crippen LogP contribution in [0.4, 0.5) is 9.80 Å². The molecule has 0 aliphatic heterocycles. The van der Waals surface area contributed by atoms with Crippen molar-refractivity contribution in [1.29, 1.82) is 5.26 Å². The van der Waals surface area contributed by atoms with Gasteiger partial charge < -0.3 is 15.5 Å². The number of amides is 3. The number of carbonyl (C=O) groups is 2. The van der Waals surface area contributed by atoms with E-state index >= 15 is 0 Å². The highest BCUT2D eigenvalue weighted by Crippen LogP contribution is 2.35. The van der Waals surface area contributed by atoms with E-state index in [-0.39, 0.29) is 17.7 Å². The third-order valence-electron chi connectivity index (χ3n) is 3.27. The zero-order valence-corrected chi connectivity index (χ0v) is 14.4. The summed E-state index contributed by atoms with van der Waals surface area (Å²) in [6.07, 6.45) is 0. The van der Waals surface area contributed by atoms with E-state index in [1.54, 1.807) is 6.07 Å². The van der Waals surface area contributed by atoms with Crippen LogP contribution in [-0.4, -0.2) is 11.9 Å². The Labute approximate surface area is 143 Å². The minimum atomic E-state index is -0.669. The lowest BCUT2D eigenvalue weighted by atomic mass is 9.86. The van der Waals surface area contributed by atoms with Gasteiger partial charge in [-0.3, -0.25) is 10.1 Å². The average Bonchev–Trinajstić information content (AvgIpc) is 3.10. The zero-order chi connectivity index (χ0) is 17.9. The fraction of sp³-hybridized carbons (Fsp3) is 0.312. The van der Waals surface area contributed by atoms with E-state index in [0.29, 0.717) is 16.3 Å². The van der Waals surface area contributed by atoms with Gasteiger partial charge in [-0.2, -0.15) is 5.26 Å². The first-order valence-electron chi connectivity index (χ1n) is 7.18. The number of anilines is 1. The molecule has 0 spiro atoms. The molecular weight excluding hydrogens is 328 g/mol. The second kappa shape index (κ2) is 6.76. The third kappa shape index (κ3) is 3.94. The van der Waals surface area contributed by atoms with Crippen molar-refractivity contribution in [2.75, 3.05) is 5.32 Å². The number of nitrogens with one attached hydrogen (secondary N) is 2. The predicted molar refractivity (Wildman–Crippen MR) is 90.8 cm³/mol. The van der Waals surface area contributed by atoms with Crippen LogP contribution in [0.15, 0.2) is 21.9 Å². The first kappa shape index (κ1) is 17.6. The first-order chi connectivity index (χ1) is 11.2. The van der Waals surface area contributed by atoms with E-state index in [1.165, 1.54) is 17.4 Å². The Morgan fingerprint density at radius 2 is 2.08 bits per heavy atom. The van der Waals surface area contributed by atoms with E-state index in [0.717, 1.165) is 5.56 Å². The lowest BCUT2D eigenvalue weighted by molar-refractivity contribution is 0.0972. The van der Waals surface area contributed by atoms with Crippen LogP contribution in [0.5, 0.6) is 0 Å². The molecule has 0 aliphatic carbocycles. The van der Waals surface area contributed by atoms with E-state index in [2.05, 4.69) is 16.7 Å². The van der Waals surface area contributed by atoms with E-state index in [1.807, 2.05) is 26.2 Å². The minimum Gasteiger partial charge on any atom is -0.454 e. The van der Waals surface area contributed by atoms with Crippen molar-refractivity contribution in [2.45, 2.75) is 32.7 Å². The Hall–Kier alpha value is -2.79. The third-order valence-corrected chi connectivity index (χ3v) is 4.16. The molecule has 2 heterocycles. The van der Waals surface area contributed by atoms with Crippen LogP contribution < -0.4 is 16.4 Å². The van der Waals surface area contributed by atoms with Crippen molar-refractivity contribution in [3.8, 4) is 6.07 Å². The van der Waals surface area contributed by atoms with Crippen molar-refractivity contribution in [3.05, 3.63) is 40.2 Å². The summed E-state index contributed by atoms with van der Waals surface area (Å²) < 4.78 is 5.17. The van der Waals surface area contributed by atoms with Crippen LogP contribution in [-0.2, 0) is 12.0 Å². The molecule has 0 saturated heterocycles. The number of nitriles is 1. The number of urea groups is 1. The van der Waals surface area contributed by atoms with Crippen molar-refractivity contribution in [2.24, 2.45) is 5.73 Å². The van der Waals surface area contributed by atoms with Crippen molar-refractivity contribution >= 4 is 28.3 Å². The molecule has 0 atom stereocenters. The molecule has 0 aliphatic rings. The molecule has 4 N–H and O–H groups in total. The number of furan rings is 1. The maximum atomic E-state index is 12.0. The SMILES string of the molecule is CC(C)(C)c1csc(NC(=O)NCc2ccc(C(N)=O)o2)c1C#N. The number of primary amides is 1. The monoisotopic (exact) mass is 346 g/mol. The van der Waals surface area contributed by atoms with Crippen LogP contribution in [0, 0.1) is 11.3 Å². The molecular formula is C16H18N4O3S. The molecule has 0 saturated carbocycles. The second-order valence-electron chi connectivity index (χ2n) is 6.15. The quantitative estimate of drug-likeness (QED) is 0.788.